The minimum absolute atomic E-state index is 0.198. The fourth-order valence-electron chi connectivity index (χ4n) is 3.16. The summed E-state index contributed by atoms with van der Waals surface area (Å²) in [5, 5.41) is 12.8. The zero-order valence-electron chi connectivity index (χ0n) is 15.4. The molecule has 29 heavy (non-hydrogen) atoms. The van der Waals surface area contributed by atoms with Gasteiger partial charge in [0.2, 0.25) is 0 Å². The van der Waals surface area contributed by atoms with Crippen LogP contribution in [0.25, 0.3) is 22.2 Å². The summed E-state index contributed by atoms with van der Waals surface area (Å²) in [4.78, 5) is 31.1. The number of H-pyrrole nitrogens is 1. The molecule has 0 radical (unpaired) electrons. The standard InChI is InChI=1S/C21H17N3O5/c1-28-18-7-16-14(6-15(18)19-10-22-11-29-19)17(25)8-20(24-16)23-9-12-4-2-3-5-13(12)21(26)27/h2-8,10-11H,9H2,1H3,(H,26,27)(H2,23,24,25). The second-order valence-electron chi connectivity index (χ2n) is 6.33. The summed E-state index contributed by atoms with van der Waals surface area (Å²) in [5.74, 6) is 0.491. The number of hydrogen-bond donors (Lipinski definition) is 3. The van der Waals surface area contributed by atoms with Crippen molar-refractivity contribution in [3.63, 3.8) is 0 Å². The number of anilines is 1. The molecule has 146 valence electrons. The van der Waals surface area contributed by atoms with E-state index in [1.165, 1.54) is 19.6 Å². The number of aromatic amines is 1. The zero-order chi connectivity index (χ0) is 20.4. The lowest BCUT2D eigenvalue weighted by molar-refractivity contribution is 0.0696. The molecule has 2 aromatic carbocycles. The summed E-state index contributed by atoms with van der Waals surface area (Å²) < 4.78 is 10.8. The SMILES string of the molecule is COc1cc2[nH]c(NCc3ccccc3C(=O)O)cc(=O)c2cc1-c1cnco1. The van der Waals surface area contributed by atoms with E-state index in [0.717, 1.165) is 0 Å². The molecule has 0 aliphatic rings. The first-order valence-electron chi connectivity index (χ1n) is 8.76. The molecule has 2 heterocycles. The second kappa shape index (κ2) is 7.51. The number of nitrogens with zero attached hydrogens (tertiary/aromatic N) is 1. The van der Waals surface area contributed by atoms with Crippen LogP contribution < -0.4 is 15.5 Å². The number of rotatable bonds is 6. The summed E-state index contributed by atoms with van der Waals surface area (Å²) in [6.45, 7) is 0.247. The third kappa shape index (κ3) is 3.55. The van der Waals surface area contributed by atoms with Crippen LogP contribution in [-0.2, 0) is 6.54 Å². The van der Waals surface area contributed by atoms with Crippen LogP contribution in [0.15, 0.2) is 64.3 Å². The molecule has 0 unspecified atom stereocenters. The maximum absolute atomic E-state index is 12.7. The summed E-state index contributed by atoms with van der Waals surface area (Å²) >= 11 is 0. The maximum atomic E-state index is 12.7. The van der Waals surface area contributed by atoms with E-state index in [0.29, 0.717) is 39.4 Å². The van der Waals surface area contributed by atoms with Crippen LogP contribution in [0.3, 0.4) is 0 Å². The van der Waals surface area contributed by atoms with Gasteiger partial charge >= 0.3 is 5.97 Å². The molecule has 3 N–H and O–H groups in total. The van der Waals surface area contributed by atoms with E-state index in [2.05, 4.69) is 15.3 Å². The van der Waals surface area contributed by atoms with Crippen molar-refractivity contribution in [2.24, 2.45) is 0 Å². The van der Waals surface area contributed by atoms with Gasteiger partial charge in [-0.2, -0.15) is 0 Å². The fraction of sp³-hybridized carbons (Fsp3) is 0.0952. The number of benzene rings is 2. The van der Waals surface area contributed by atoms with Gasteiger partial charge in [0.1, 0.15) is 11.6 Å². The number of aromatic carboxylic acids is 1. The van der Waals surface area contributed by atoms with Crippen molar-refractivity contribution >= 4 is 22.7 Å². The third-order valence-electron chi connectivity index (χ3n) is 4.56. The maximum Gasteiger partial charge on any atom is 0.336 e. The van der Waals surface area contributed by atoms with E-state index in [4.69, 9.17) is 9.15 Å². The molecule has 2 aromatic heterocycles. The number of aromatic nitrogens is 2. The Balaban J connectivity index is 1.70. The average molecular weight is 391 g/mol. The molecule has 0 atom stereocenters. The van der Waals surface area contributed by atoms with Gasteiger partial charge in [0.05, 0.1) is 30.0 Å². The first-order valence-corrected chi connectivity index (χ1v) is 8.76. The van der Waals surface area contributed by atoms with Crippen molar-refractivity contribution in [1.82, 2.24) is 9.97 Å². The smallest absolute Gasteiger partial charge is 0.336 e. The van der Waals surface area contributed by atoms with Crippen molar-refractivity contribution < 1.29 is 19.1 Å². The van der Waals surface area contributed by atoms with Crippen LogP contribution in [0.1, 0.15) is 15.9 Å². The van der Waals surface area contributed by atoms with E-state index < -0.39 is 5.97 Å². The number of methoxy groups -OCH3 is 1. The normalized spacial score (nSPS) is 10.8. The van der Waals surface area contributed by atoms with E-state index in [9.17, 15) is 14.7 Å². The minimum atomic E-state index is -1.00. The zero-order valence-corrected chi connectivity index (χ0v) is 15.4. The Labute approximate surface area is 164 Å². The van der Waals surface area contributed by atoms with Gasteiger partial charge in [-0.05, 0) is 17.7 Å². The highest BCUT2D eigenvalue weighted by molar-refractivity contribution is 5.90. The van der Waals surface area contributed by atoms with Crippen LogP contribution >= 0.6 is 0 Å². The number of carbonyl (C=O) groups is 1. The van der Waals surface area contributed by atoms with Gasteiger partial charge in [-0.25, -0.2) is 9.78 Å². The van der Waals surface area contributed by atoms with Crippen LogP contribution in [-0.4, -0.2) is 28.2 Å². The molecular formula is C21H17N3O5. The molecule has 8 nitrogen and oxygen atoms in total. The Morgan fingerprint density at radius 3 is 2.83 bits per heavy atom. The predicted molar refractivity (Wildman–Crippen MR) is 107 cm³/mol. The lowest BCUT2D eigenvalue weighted by atomic mass is 10.1. The van der Waals surface area contributed by atoms with Crippen LogP contribution in [0.2, 0.25) is 0 Å². The molecule has 4 rings (SSSR count). The molecule has 0 amide bonds. The lowest BCUT2D eigenvalue weighted by Crippen LogP contribution is -2.10. The lowest BCUT2D eigenvalue weighted by Gasteiger charge is -2.12. The molecule has 0 aliphatic heterocycles. The quantitative estimate of drug-likeness (QED) is 0.460. The first-order chi connectivity index (χ1) is 14.1. The van der Waals surface area contributed by atoms with Crippen molar-refractivity contribution in [1.29, 1.82) is 0 Å². The van der Waals surface area contributed by atoms with Crippen molar-refractivity contribution in [2.75, 3.05) is 12.4 Å². The molecule has 8 heteroatoms. The largest absolute Gasteiger partial charge is 0.496 e. The van der Waals surface area contributed by atoms with Crippen LogP contribution in [0.4, 0.5) is 5.82 Å². The van der Waals surface area contributed by atoms with Gasteiger partial charge in [-0.3, -0.25) is 4.79 Å². The van der Waals surface area contributed by atoms with Gasteiger partial charge in [-0.15, -0.1) is 0 Å². The summed E-state index contributed by atoms with van der Waals surface area (Å²) in [6, 6.07) is 11.5. The Hall–Kier alpha value is -4.07. The van der Waals surface area contributed by atoms with Crippen LogP contribution in [0.5, 0.6) is 5.75 Å². The molecule has 0 fully saturated rings. The number of carboxylic acids is 1. The summed E-state index contributed by atoms with van der Waals surface area (Å²) in [6.07, 6.45) is 2.86. The Morgan fingerprint density at radius 1 is 1.28 bits per heavy atom. The minimum Gasteiger partial charge on any atom is -0.496 e. The van der Waals surface area contributed by atoms with Crippen molar-refractivity contribution in [3.05, 3.63) is 76.4 Å². The highest BCUT2D eigenvalue weighted by Gasteiger charge is 2.14. The van der Waals surface area contributed by atoms with E-state index >= 15 is 0 Å². The van der Waals surface area contributed by atoms with Gasteiger partial charge < -0.3 is 24.6 Å². The van der Waals surface area contributed by atoms with E-state index in [-0.39, 0.29) is 17.5 Å². The fourth-order valence-corrected chi connectivity index (χ4v) is 3.16. The molecule has 4 aromatic rings. The predicted octanol–water partition coefficient (Wildman–Crippen LogP) is 3.50. The topological polar surface area (TPSA) is 117 Å². The van der Waals surface area contributed by atoms with Crippen molar-refractivity contribution in [3.8, 4) is 17.1 Å². The van der Waals surface area contributed by atoms with Crippen molar-refractivity contribution in [2.45, 2.75) is 6.54 Å². The number of pyridine rings is 1. The Bertz CT molecular complexity index is 1250. The number of fused-ring (bicyclic) bond motifs is 1. The highest BCUT2D eigenvalue weighted by Crippen LogP contribution is 2.32. The monoisotopic (exact) mass is 391 g/mol. The van der Waals surface area contributed by atoms with Gasteiger partial charge in [0.15, 0.2) is 17.6 Å². The number of nitrogens with one attached hydrogen (secondary N) is 2. The number of carboxylic acid groups (broad SMARTS) is 1. The number of hydrogen-bond acceptors (Lipinski definition) is 6. The molecule has 0 bridgehead atoms. The van der Waals surface area contributed by atoms with Gasteiger partial charge in [0, 0.05) is 24.1 Å². The summed E-state index contributed by atoms with van der Waals surface area (Å²) in [5.41, 5.74) is 1.82. The highest BCUT2D eigenvalue weighted by atomic mass is 16.5. The third-order valence-corrected chi connectivity index (χ3v) is 4.56. The number of ether oxygens (including phenoxy) is 1. The first kappa shape index (κ1) is 18.3. The number of oxazole rings is 1. The van der Waals surface area contributed by atoms with E-state index in [1.54, 1.807) is 42.6 Å². The van der Waals surface area contributed by atoms with Gasteiger partial charge in [0.25, 0.3) is 0 Å². The Kier molecular flexibility index (Phi) is 4.74. The average Bonchev–Trinajstić information content (AvgIpc) is 3.26. The molecule has 0 saturated heterocycles. The second-order valence-corrected chi connectivity index (χ2v) is 6.33. The van der Waals surface area contributed by atoms with Gasteiger partial charge in [-0.1, -0.05) is 18.2 Å². The van der Waals surface area contributed by atoms with Crippen LogP contribution in [0, 0.1) is 0 Å². The molecule has 0 aliphatic carbocycles. The molecule has 0 saturated carbocycles. The summed E-state index contributed by atoms with van der Waals surface area (Å²) in [7, 11) is 1.53. The molecule has 0 spiro atoms. The van der Waals surface area contributed by atoms with E-state index in [1.807, 2.05) is 0 Å². The molecular weight excluding hydrogens is 374 g/mol. The Morgan fingerprint density at radius 2 is 2.10 bits per heavy atom.